The van der Waals surface area contributed by atoms with Crippen molar-refractivity contribution in [3.05, 3.63) is 35.9 Å². The summed E-state index contributed by atoms with van der Waals surface area (Å²) in [4.78, 5) is 5.04. The van der Waals surface area contributed by atoms with Crippen molar-refractivity contribution in [3.63, 3.8) is 0 Å². The lowest BCUT2D eigenvalue weighted by molar-refractivity contribution is 0.156. The van der Waals surface area contributed by atoms with Crippen LogP contribution in [0, 0.1) is 5.92 Å². The second-order valence-corrected chi connectivity index (χ2v) is 5.74. The highest BCUT2D eigenvalue weighted by Gasteiger charge is 2.26. The highest BCUT2D eigenvalue weighted by atomic mass is 16.3. The van der Waals surface area contributed by atoms with Crippen LogP contribution in [0.25, 0.3) is 0 Å². The number of aliphatic hydroxyl groups is 1. The normalized spacial score (nSPS) is 21.5. The topological polar surface area (TPSA) is 26.7 Å². The first-order chi connectivity index (χ1) is 9.78. The molecule has 1 fully saturated rings. The van der Waals surface area contributed by atoms with Gasteiger partial charge in [0, 0.05) is 25.7 Å². The molecule has 0 radical (unpaired) electrons. The average molecular weight is 276 g/mol. The summed E-state index contributed by atoms with van der Waals surface area (Å²) >= 11 is 0. The first kappa shape index (κ1) is 15.5. The molecule has 2 unspecified atom stereocenters. The summed E-state index contributed by atoms with van der Waals surface area (Å²) < 4.78 is 0. The highest BCUT2D eigenvalue weighted by molar-refractivity contribution is 5.19. The van der Waals surface area contributed by atoms with Crippen LogP contribution >= 0.6 is 0 Å². The van der Waals surface area contributed by atoms with Gasteiger partial charge in [0.25, 0.3) is 0 Å². The van der Waals surface area contributed by atoms with E-state index in [1.165, 1.54) is 5.56 Å². The van der Waals surface area contributed by atoms with Gasteiger partial charge < -0.3 is 10.0 Å². The van der Waals surface area contributed by atoms with Gasteiger partial charge in [-0.05, 0) is 37.5 Å². The van der Waals surface area contributed by atoms with Gasteiger partial charge in [-0.15, -0.1) is 0 Å². The Bertz CT molecular complexity index is 378. The third-order valence-corrected chi connectivity index (χ3v) is 4.50. The third kappa shape index (κ3) is 3.81. The third-order valence-electron chi connectivity index (χ3n) is 4.50. The van der Waals surface area contributed by atoms with Gasteiger partial charge in [0.2, 0.25) is 0 Å². The van der Waals surface area contributed by atoms with Crippen LogP contribution in [0.4, 0.5) is 0 Å². The molecule has 1 aromatic carbocycles. The summed E-state index contributed by atoms with van der Waals surface area (Å²) in [5, 5.41) is 9.30. The van der Waals surface area contributed by atoms with E-state index in [0.717, 1.165) is 39.1 Å². The van der Waals surface area contributed by atoms with E-state index in [1.54, 1.807) is 0 Å². The molecule has 0 bridgehead atoms. The van der Waals surface area contributed by atoms with Crippen molar-refractivity contribution in [2.45, 2.75) is 26.3 Å². The van der Waals surface area contributed by atoms with Gasteiger partial charge in [-0.3, -0.25) is 4.90 Å². The Hall–Kier alpha value is -0.900. The summed E-state index contributed by atoms with van der Waals surface area (Å²) in [7, 11) is 0. The van der Waals surface area contributed by atoms with Gasteiger partial charge in [0.05, 0.1) is 0 Å². The zero-order chi connectivity index (χ0) is 14.4. The van der Waals surface area contributed by atoms with E-state index in [0.29, 0.717) is 18.6 Å². The summed E-state index contributed by atoms with van der Waals surface area (Å²) in [5.41, 5.74) is 1.41. The fraction of sp³-hybridized carbons (Fsp3) is 0.647. The van der Waals surface area contributed by atoms with Gasteiger partial charge in [0.15, 0.2) is 0 Å². The minimum Gasteiger partial charge on any atom is -0.396 e. The summed E-state index contributed by atoms with van der Waals surface area (Å²) in [6, 6.07) is 11.3. The molecular formula is C17H28N2O. The Balaban J connectivity index is 2.07. The molecule has 112 valence electrons. The molecule has 0 saturated carbocycles. The minimum atomic E-state index is 0.331. The lowest BCUT2D eigenvalue weighted by Gasteiger charge is -2.33. The fourth-order valence-electron chi connectivity index (χ4n) is 3.24. The van der Waals surface area contributed by atoms with Crippen LogP contribution in [-0.4, -0.2) is 54.2 Å². The smallest absolute Gasteiger partial charge is 0.0474 e. The largest absolute Gasteiger partial charge is 0.396 e. The molecule has 1 aromatic rings. The van der Waals surface area contributed by atoms with Gasteiger partial charge >= 0.3 is 0 Å². The Kier molecular flexibility index (Phi) is 6.02. The molecule has 0 spiro atoms. The molecule has 1 heterocycles. The molecule has 0 amide bonds. The van der Waals surface area contributed by atoms with Crippen LogP contribution in [0.1, 0.15) is 31.9 Å². The molecule has 1 N–H and O–H groups in total. The molecule has 1 aliphatic rings. The van der Waals surface area contributed by atoms with Crippen molar-refractivity contribution >= 4 is 0 Å². The van der Waals surface area contributed by atoms with Crippen LogP contribution in [-0.2, 0) is 0 Å². The number of benzene rings is 1. The molecule has 3 heteroatoms. The quantitative estimate of drug-likeness (QED) is 0.828. The van der Waals surface area contributed by atoms with Crippen molar-refractivity contribution in [3.8, 4) is 0 Å². The number of hydrogen-bond acceptors (Lipinski definition) is 3. The van der Waals surface area contributed by atoms with E-state index in [4.69, 9.17) is 0 Å². The van der Waals surface area contributed by atoms with E-state index in [-0.39, 0.29) is 0 Å². The number of likely N-dealkylation sites (tertiary alicyclic amines) is 1. The number of hydrogen-bond donors (Lipinski definition) is 1. The van der Waals surface area contributed by atoms with E-state index >= 15 is 0 Å². The monoisotopic (exact) mass is 276 g/mol. The number of nitrogens with zero attached hydrogens (tertiary/aromatic N) is 2. The second-order valence-electron chi connectivity index (χ2n) is 5.74. The molecular weight excluding hydrogens is 248 g/mol. The standard InChI is InChI=1S/C17H28N2O/c1-3-19(4-2)17(16-8-6-5-7-9-16)13-18-11-10-15(12-18)14-20/h5-9,15,17,20H,3-4,10-14H2,1-2H3. The van der Waals surface area contributed by atoms with Crippen LogP contribution in [0.15, 0.2) is 30.3 Å². The summed E-state index contributed by atoms with van der Waals surface area (Å²) in [6.45, 7) is 10.2. The van der Waals surface area contributed by atoms with Crippen molar-refractivity contribution in [2.24, 2.45) is 5.92 Å². The molecule has 3 nitrogen and oxygen atoms in total. The first-order valence-electron chi connectivity index (χ1n) is 7.90. The van der Waals surface area contributed by atoms with Gasteiger partial charge in [0.1, 0.15) is 0 Å². The Morgan fingerprint density at radius 1 is 1.25 bits per heavy atom. The minimum absolute atomic E-state index is 0.331. The van der Waals surface area contributed by atoms with E-state index in [1.807, 2.05) is 0 Å². The van der Waals surface area contributed by atoms with Gasteiger partial charge in [-0.2, -0.15) is 0 Å². The van der Waals surface area contributed by atoms with Gasteiger partial charge in [-0.1, -0.05) is 44.2 Å². The second kappa shape index (κ2) is 7.77. The van der Waals surface area contributed by atoms with Crippen molar-refractivity contribution in [1.82, 2.24) is 9.80 Å². The maximum absolute atomic E-state index is 9.30. The van der Waals surface area contributed by atoms with Crippen LogP contribution < -0.4 is 0 Å². The fourth-order valence-corrected chi connectivity index (χ4v) is 3.24. The number of aliphatic hydroxyl groups excluding tert-OH is 1. The molecule has 2 atom stereocenters. The maximum atomic E-state index is 9.30. The lowest BCUT2D eigenvalue weighted by atomic mass is 10.0. The zero-order valence-electron chi connectivity index (χ0n) is 12.8. The van der Waals surface area contributed by atoms with Crippen molar-refractivity contribution in [2.75, 3.05) is 39.3 Å². The first-order valence-corrected chi connectivity index (χ1v) is 7.90. The summed E-state index contributed by atoms with van der Waals surface area (Å²) in [5.74, 6) is 0.475. The highest BCUT2D eigenvalue weighted by Crippen LogP contribution is 2.25. The lowest BCUT2D eigenvalue weighted by Crippen LogP contribution is -2.37. The SMILES string of the molecule is CCN(CC)C(CN1CCC(CO)C1)c1ccccc1. The van der Waals surface area contributed by atoms with Crippen molar-refractivity contribution < 1.29 is 5.11 Å². The Morgan fingerprint density at radius 2 is 1.95 bits per heavy atom. The zero-order valence-corrected chi connectivity index (χ0v) is 12.8. The number of rotatable bonds is 7. The average Bonchev–Trinajstić information content (AvgIpc) is 2.96. The van der Waals surface area contributed by atoms with Gasteiger partial charge in [-0.25, -0.2) is 0 Å². The Labute approximate surface area is 123 Å². The molecule has 2 rings (SSSR count). The molecule has 20 heavy (non-hydrogen) atoms. The van der Waals surface area contributed by atoms with Crippen molar-refractivity contribution in [1.29, 1.82) is 0 Å². The van der Waals surface area contributed by atoms with Crippen LogP contribution in [0.2, 0.25) is 0 Å². The Morgan fingerprint density at radius 3 is 2.50 bits per heavy atom. The molecule has 0 aromatic heterocycles. The maximum Gasteiger partial charge on any atom is 0.0474 e. The van der Waals surface area contributed by atoms with Crippen LogP contribution in [0.5, 0.6) is 0 Å². The van der Waals surface area contributed by atoms with E-state index in [9.17, 15) is 5.11 Å². The molecule has 0 aliphatic carbocycles. The van der Waals surface area contributed by atoms with Crippen LogP contribution in [0.3, 0.4) is 0 Å². The molecule has 1 aliphatic heterocycles. The van der Waals surface area contributed by atoms with E-state index < -0.39 is 0 Å². The molecule has 1 saturated heterocycles. The predicted molar refractivity (Wildman–Crippen MR) is 83.7 cm³/mol. The number of likely N-dealkylation sites (N-methyl/N-ethyl adjacent to an activating group) is 1. The summed E-state index contributed by atoms with van der Waals surface area (Å²) in [6.07, 6.45) is 1.14. The predicted octanol–water partition coefficient (Wildman–Crippen LogP) is 2.38. The van der Waals surface area contributed by atoms with E-state index in [2.05, 4.69) is 54.0 Å².